The van der Waals surface area contributed by atoms with Gasteiger partial charge in [-0.05, 0) is 42.0 Å². The summed E-state index contributed by atoms with van der Waals surface area (Å²) in [5, 5.41) is 11.4. The van der Waals surface area contributed by atoms with E-state index < -0.39 is 6.10 Å². The number of rotatable bonds is 6. The van der Waals surface area contributed by atoms with Crippen molar-refractivity contribution in [3.8, 4) is 11.5 Å². The van der Waals surface area contributed by atoms with Gasteiger partial charge in [-0.2, -0.15) is 0 Å². The average molecular weight is 377 g/mol. The fraction of sp³-hybridized carbons (Fsp3) is 0.400. The summed E-state index contributed by atoms with van der Waals surface area (Å²) >= 11 is 5.96. The lowest BCUT2D eigenvalue weighted by Gasteiger charge is -2.37. The number of aliphatic hydroxyl groups excluding tert-OH is 1. The van der Waals surface area contributed by atoms with Crippen molar-refractivity contribution in [2.75, 3.05) is 51.8 Å². The van der Waals surface area contributed by atoms with E-state index in [-0.39, 0.29) is 0 Å². The molecule has 6 heteroatoms. The van der Waals surface area contributed by atoms with Crippen LogP contribution in [-0.2, 0) is 0 Å². The zero-order chi connectivity index (χ0) is 18.5. The molecule has 140 valence electrons. The summed E-state index contributed by atoms with van der Waals surface area (Å²) < 4.78 is 10.6. The molecule has 2 aromatic carbocycles. The van der Waals surface area contributed by atoms with Crippen LogP contribution in [-0.4, -0.2) is 56.9 Å². The summed E-state index contributed by atoms with van der Waals surface area (Å²) in [6, 6.07) is 13.5. The van der Waals surface area contributed by atoms with Crippen LogP contribution >= 0.6 is 11.6 Å². The number of nitrogens with zero attached hydrogens (tertiary/aromatic N) is 2. The topological polar surface area (TPSA) is 45.2 Å². The molecule has 0 amide bonds. The van der Waals surface area contributed by atoms with Crippen LogP contribution in [0.3, 0.4) is 0 Å². The minimum absolute atomic E-state index is 0.558. The summed E-state index contributed by atoms with van der Waals surface area (Å²) in [6.45, 7) is 4.28. The van der Waals surface area contributed by atoms with E-state index in [1.54, 1.807) is 14.2 Å². The highest BCUT2D eigenvalue weighted by Gasteiger charge is 2.21. The number of β-amino-alcohol motifs (C(OH)–C–C–N with tert-alkyl or cyclic N) is 1. The number of piperazine rings is 1. The highest BCUT2D eigenvalue weighted by molar-refractivity contribution is 6.30. The minimum atomic E-state index is -0.558. The van der Waals surface area contributed by atoms with Crippen LogP contribution in [0.15, 0.2) is 42.5 Å². The lowest BCUT2D eigenvalue weighted by atomic mass is 10.1. The van der Waals surface area contributed by atoms with Gasteiger partial charge in [-0.3, -0.25) is 4.90 Å². The van der Waals surface area contributed by atoms with Crippen molar-refractivity contribution < 1.29 is 14.6 Å². The van der Waals surface area contributed by atoms with E-state index in [4.69, 9.17) is 21.1 Å². The molecule has 1 fully saturated rings. The summed E-state index contributed by atoms with van der Waals surface area (Å²) in [7, 11) is 3.21. The Labute approximate surface area is 159 Å². The average Bonchev–Trinajstić information content (AvgIpc) is 2.68. The second kappa shape index (κ2) is 8.62. The number of hydrogen-bond donors (Lipinski definition) is 1. The number of hydrogen-bond acceptors (Lipinski definition) is 5. The molecule has 26 heavy (non-hydrogen) atoms. The van der Waals surface area contributed by atoms with E-state index in [1.807, 2.05) is 30.3 Å². The predicted octanol–water partition coefficient (Wildman–Crippen LogP) is 3.21. The molecule has 5 nitrogen and oxygen atoms in total. The molecule has 1 atom stereocenters. The van der Waals surface area contributed by atoms with E-state index in [0.717, 1.165) is 36.8 Å². The first kappa shape index (κ1) is 18.8. The summed E-state index contributed by atoms with van der Waals surface area (Å²) in [4.78, 5) is 4.63. The number of aliphatic hydroxyl groups is 1. The molecule has 3 rings (SSSR count). The van der Waals surface area contributed by atoms with Crippen molar-refractivity contribution in [2.45, 2.75) is 6.10 Å². The van der Waals surface area contributed by atoms with Crippen LogP contribution in [0.1, 0.15) is 11.7 Å². The second-order valence-electron chi connectivity index (χ2n) is 6.39. The van der Waals surface area contributed by atoms with Crippen molar-refractivity contribution in [1.82, 2.24) is 4.90 Å². The van der Waals surface area contributed by atoms with Gasteiger partial charge in [0, 0.05) is 43.4 Å². The molecule has 0 aromatic heterocycles. The van der Waals surface area contributed by atoms with Gasteiger partial charge in [-0.1, -0.05) is 17.7 Å². The first-order chi connectivity index (χ1) is 12.6. The Balaban J connectivity index is 1.56. The number of anilines is 1. The number of halogens is 1. The minimum Gasteiger partial charge on any atom is -0.493 e. The van der Waals surface area contributed by atoms with Gasteiger partial charge in [0.1, 0.15) is 0 Å². The van der Waals surface area contributed by atoms with Gasteiger partial charge in [-0.15, -0.1) is 0 Å². The van der Waals surface area contributed by atoms with E-state index in [0.29, 0.717) is 18.0 Å². The van der Waals surface area contributed by atoms with Gasteiger partial charge in [0.2, 0.25) is 0 Å². The van der Waals surface area contributed by atoms with Crippen molar-refractivity contribution in [3.63, 3.8) is 0 Å². The molecule has 0 bridgehead atoms. The standard InChI is InChI=1S/C20H25ClN2O3/c1-25-19-8-3-15(13-20(19)26-2)18(24)14-22-9-11-23(12-10-22)17-6-4-16(21)5-7-17/h3-8,13,18,24H,9-12,14H2,1-2H3. The van der Waals surface area contributed by atoms with Gasteiger partial charge < -0.3 is 19.5 Å². The Hall–Kier alpha value is -1.95. The molecule has 1 aliphatic heterocycles. The van der Waals surface area contributed by atoms with Crippen molar-refractivity contribution in [1.29, 1.82) is 0 Å². The van der Waals surface area contributed by atoms with Crippen LogP contribution in [0.25, 0.3) is 0 Å². The fourth-order valence-electron chi connectivity index (χ4n) is 3.25. The molecule has 1 aliphatic rings. The normalized spacial score (nSPS) is 16.4. The van der Waals surface area contributed by atoms with Crippen LogP contribution in [0.4, 0.5) is 5.69 Å². The quantitative estimate of drug-likeness (QED) is 0.838. The van der Waals surface area contributed by atoms with E-state index in [1.165, 1.54) is 5.69 Å². The van der Waals surface area contributed by atoms with Gasteiger partial charge in [-0.25, -0.2) is 0 Å². The third kappa shape index (κ3) is 4.41. The molecule has 1 N–H and O–H groups in total. The predicted molar refractivity (Wildman–Crippen MR) is 105 cm³/mol. The van der Waals surface area contributed by atoms with E-state index >= 15 is 0 Å². The first-order valence-electron chi connectivity index (χ1n) is 8.73. The molecular weight excluding hydrogens is 352 g/mol. The number of methoxy groups -OCH3 is 2. The lowest BCUT2D eigenvalue weighted by Crippen LogP contribution is -2.47. The lowest BCUT2D eigenvalue weighted by molar-refractivity contribution is 0.109. The van der Waals surface area contributed by atoms with Gasteiger partial charge in [0.25, 0.3) is 0 Å². The highest BCUT2D eigenvalue weighted by atomic mass is 35.5. The fourth-order valence-corrected chi connectivity index (χ4v) is 3.38. The summed E-state index contributed by atoms with van der Waals surface area (Å²) in [5.74, 6) is 1.30. The Kier molecular flexibility index (Phi) is 6.25. The highest BCUT2D eigenvalue weighted by Crippen LogP contribution is 2.30. The third-order valence-corrected chi connectivity index (χ3v) is 5.04. The first-order valence-corrected chi connectivity index (χ1v) is 9.11. The molecule has 0 radical (unpaired) electrons. The van der Waals surface area contributed by atoms with Gasteiger partial charge in [0.15, 0.2) is 11.5 Å². The molecule has 0 aliphatic carbocycles. The smallest absolute Gasteiger partial charge is 0.161 e. The Morgan fingerprint density at radius 2 is 1.62 bits per heavy atom. The summed E-state index contributed by atoms with van der Waals surface area (Å²) in [6.07, 6.45) is -0.558. The number of benzene rings is 2. The Bertz CT molecular complexity index is 715. The van der Waals surface area contributed by atoms with Crippen LogP contribution in [0.2, 0.25) is 5.02 Å². The molecule has 1 saturated heterocycles. The van der Waals surface area contributed by atoms with Crippen LogP contribution in [0.5, 0.6) is 11.5 Å². The van der Waals surface area contributed by atoms with Gasteiger partial charge >= 0.3 is 0 Å². The Morgan fingerprint density at radius 3 is 2.23 bits per heavy atom. The molecule has 1 heterocycles. The number of ether oxygens (including phenoxy) is 2. The second-order valence-corrected chi connectivity index (χ2v) is 6.83. The van der Waals surface area contributed by atoms with Crippen molar-refractivity contribution in [2.24, 2.45) is 0 Å². The van der Waals surface area contributed by atoms with Crippen molar-refractivity contribution in [3.05, 3.63) is 53.1 Å². The largest absolute Gasteiger partial charge is 0.493 e. The maximum Gasteiger partial charge on any atom is 0.161 e. The molecule has 1 unspecified atom stereocenters. The SMILES string of the molecule is COc1ccc(C(O)CN2CCN(c3ccc(Cl)cc3)CC2)cc1OC. The molecule has 2 aromatic rings. The zero-order valence-electron chi connectivity index (χ0n) is 15.2. The molecule has 0 saturated carbocycles. The maximum atomic E-state index is 10.6. The van der Waals surface area contributed by atoms with E-state index in [2.05, 4.69) is 21.9 Å². The zero-order valence-corrected chi connectivity index (χ0v) is 15.9. The third-order valence-electron chi connectivity index (χ3n) is 4.79. The maximum absolute atomic E-state index is 10.6. The van der Waals surface area contributed by atoms with Crippen LogP contribution in [0, 0.1) is 0 Å². The Morgan fingerprint density at radius 1 is 0.962 bits per heavy atom. The monoisotopic (exact) mass is 376 g/mol. The molecular formula is C20H25ClN2O3. The molecule has 0 spiro atoms. The van der Waals surface area contributed by atoms with Crippen LogP contribution < -0.4 is 14.4 Å². The van der Waals surface area contributed by atoms with E-state index in [9.17, 15) is 5.11 Å². The summed E-state index contributed by atoms with van der Waals surface area (Å²) in [5.41, 5.74) is 2.03. The van der Waals surface area contributed by atoms with Crippen molar-refractivity contribution >= 4 is 17.3 Å². The van der Waals surface area contributed by atoms with Gasteiger partial charge in [0.05, 0.1) is 20.3 Å².